The van der Waals surface area contributed by atoms with Crippen LogP contribution in [-0.2, 0) is 21.1 Å². The van der Waals surface area contributed by atoms with Crippen molar-refractivity contribution in [2.75, 3.05) is 0 Å². The summed E-state index contributed by atoms with van der Waals surface area (Å²) in [6.07, 6.45) is 0. The van der Waals surface area contributed by atoms with Crippen LogP contribution in [0.3, 0.4) is 0 Å². The Morgan fingerprint density at radius 3 is 2.50 bits per heavy atom. The Hall–Kier alpha value is -0.830. The van der Waals surface area contributed by atoms with Gasteiger partial charge < -0.3 is 14.5 Å². The number of aromatic hydroxyl groups is 1. The third kappa shape index (κ3) is 3.63. The van der Waals surface area contributed by atoms with Gasteiger partial charge in [0, 0.05) is 0 Å². The van der Waals surface area contributed by atoms with E-state index in [4.69, 9.17) is 9.42 Å². The average Bonchev–Trinajstić information content (AvgIpc) is 2.14. The first-order valence-corrected chi connectivity index (χ1v) is 6.25. The van der Waals surface area contributed by atoms with Crippen LogP contribution in [0.15, 0.2) is 18.2 Å². The Morgan fingerprint density at radius 1 is 1.38 bits per heavy atom. The van der Waals surface area contributed by atoms with E-state index >= 15 is 0 Å². The Kier molecular flexibility index (Phi) is 4.14. The van der Waals surface area contributed by atoms with Gasteiger partial charge in [0.1, 0.15) is 5.75 Å². The fraction of sp³-hybridized carbons (Fsp3) is 0.455. The maximum Gasteiger partial charge on any atom is 0.316 e. The van der Waals surface area contributed by atoms with Crippen LogP contribution in [0.1, 0.15) is 31.9 Å². The summed E-state index contributed by atoms with van der Waals surface area (Å²) in [6.45, 7) is 6.11. The number of rotatable bonds is 3. The standard InChI is InChI=1S/C11H17O4P/c1-11(2,3)10-6-9(12)5-4-8(10)7-15-16(13)14/h4-6,12,16H,7H2,1-3H3,(H,13,14). The molecule has 0 spiro atoms. The largest absolute Gasteiger partial charge is 0.508 e. The molecule has 0 aliphatic carbocycles. The van der Waals surface area contributed by atoms with Crippen molar-refractivity contribution in [2.24, 2.45) is 0 Å². The minimum absolute atomic E-state index is 0.0845. The molecule has 1 aromatic rings. The molecule has 0 saturated heterocycles. The summed E-state index contributed by atoms with van der Waals surface area (Å²) in [5, 5.41) is 9.43. The second kappa shape index (κ2) is 5.00. The zero-order valence-corrected chi connectivity index (χ0v) is 10.7. The van der Waals surface area contributed by atoms with Crippen LogP contribution in [0.5, 0.6) is 5.75 Å². The first-order chi connectivity index (χ1) is 7.30. The first-order valence-electron chi connectivity index (χ1n) is 4.99. The lowest BCUT2D eigenvalue weighted by Gasteiger charge is -2.22. The molecule has 0 saturated carbocycles. The molecule has 0 heterocycles. The number of phenolic OH excluding ortho intramolecular Hbond substituents is 1. The Bertz CT molecular complexity index is 395. The fourth-order valence-electron chi connectivity index (χ4n) is 1.53. The van der Waals surface area contributed by atoms with Gasteiger partial charge in [0.25, 0.3) is 0 Å². The van der Waals surface area contributed by atoms with E-state index in [2.05, 4.69) is 0 Å². The molecular formula is C11H17O4P. The van der Waals surface area contributed by atoms with E-state index in [1.807, 2.05) is 20.8 Å². The van der Waals surface area contributed by atoms with Crippen molar-refractivity contribution in [1.82, 2.24) is 0 Å². The molecule has 1 atom stereocenters. The van der Waals surface area contributed by atoms with Crippen molar-refractivity contribution in [3.63, 3.8) is 0 Å². The van der Waals surface area contributed by atoms with Crippen LogP contribution >= 0.6 is 8.25 Å². The average molecular weight is 244 g/mol. The first kappa shape index (κ1) is 13.2. The molecule has 5 heteroatoms. The van der Waals surface area contributed by atoms with Crippen LogP contribution in [0, 0.1) is 0 Å². The summed E-state index contributed by atoms with van der Waals surface area (Å²) in [4.78, 5) is 8.64. The molecule has 0 aliphatic rings. The molecule has 2 N–H and O–H groups in total. The monoisotopic (exact) mass is 244 g/mol. The molecule has 0 aliphatic heterocycles. The van der Waals surface area contributed by atoms with Gasteiger partial charge >= 0.3 is 8.25 Å². The maximum absolute atomic E-state index is 10.5. The topological polar surface area (TPSA) is 66.8 Å². The van der Waals surface area contributed by atoms with E-state index in [9.17, 15) is 9.67 Å². The van der Waals surface area contributed by atoms with Crippen molar-refractivity contribution in [3.05, 3.63) is 29.3 Å². The molecule has 0 aromatic heterocycles. The Balaban J connectivity index is 3.03. The van der Waals surface area contributed by atoms with Gasteiger partial charge in [-0.2, -0.15) is 0 Å². The number of hydrogen-bond donors (Lipinski definition) is 2. The van der Waals surface area contributed by atoms with E-state index in [0.717, 1.165) is 11.1 Å². The minimum Gasteiger partial charge on any atom is -0.508 e. The second-order valence-corrected chi connectivity index (χ2v) is 5.47. The predicted molar refractivity (Wildman–Crippen MR) is 62.8 cm³/mol. The minimum atomic E-state index is -2.92. The van der Waals surface area contributed by atoms with Crippen LogP contribution in [0.25, 0.3) is 0 Å². The van der Waals surface area contributed by atoms with Crippen molar-refractivity contribution in [2.45, 2.75) is 32.8 Å². The lowest BCUT2D eigenvalue weighted by Crippen LogP contribution is -2.14. The van der Waals surface area contributed by atoms with E-state index in [-0.39, 0.29) is 17.8 Å². The van der Waals surface area contributed by atoms with E-state index < -0.39 is 8.25 Å². The lowest BCUT2D eigenvalue weighted by molar-refractivity contribution is 0.270. The fourth-order valence-corrected chi connectivity index (χ4v) is 1.81. The summed E-state index contributed by atoms with van der Waals surface area (Å²) >= 11 is 0. The normalized spacial score (nSPS) is 13.8. The van der Waals surface area contributed by atoms with Crippen LogP contribution in [0.4, 0.5) is 0 Å². The van der Waals surface area contributed by atoms with Crippen LogP contribution in [-0.4, -0.2) is 10.00 Å². The summed E-state index contributed by atoms with van der Waals surface area (Å²) in [5.41, 5.74) is 1.58. The summed E-state index contributed by atoms with van der Waals surface area (Å²) < 4.78 is 15.2. The molecule has 0 radical (unpaired) electrons. The summed E-state index contributed by atoms with van der Waals surface area (Å²) in [5.74, 6) is 0.185. The highest BCUT2D eigenvalue weighted by atomic mass is 31.1. The van der Waals surface area contributed by atoms with Crippen LogP contribution < -0.4 is 0 Å². The molecule has 0 amide bonds. The van der Waals surface area contributed by atoms with Crippen molar-refractivity contribution >= 4 is 8.25 Å². The number of benzene rings is 1. The highest BCUT2D eigenvalue weighted by molar-refractivity contribution is 7.32. The molecule has 0 bridgehead atoms. The number of phenols is 1. The molecular weight excluding hydrogens is 227 g/mol. The van der Waals surface area contributed by atoms with E-state index in [0.29, 0.717) is 0 Å². The highest BCUT2D eigenvalue weighted by Crippen LogP contribution is 2.31. The zero-order chi connectivity index (χ0) is 12.3. The Labute approximate surface area is 95.8 Å². The molecule has 90 valence electrons. The maximum atomic E-state index is 10.5. The van der Waals surface area contributed by atoms with Crippen LogP contribution in [0.2, 0.25) is 0 Å². The SMILES string of the molecule is CC(C)(C)c1cc(O)ccc1CO[PH](=O)O. The third-order valence-electron chi connectivity index (χ3n) is 2.25. The van der Waals surface area contributed by atoms with Crippen molar-refractivity contribution < 1.29 is 19.1 Å². The molecule has 1 unspecified atom stereocenters. The summed E-state index contributed by atoms with van der Waals surface area (Å²) in [7, 11) is -2.92. The number of hydrogen-bond acceptors (Lipinski definition) is 3. The van der Waals surface area contributed by atoms with Gasteiger partial charge in [0.05, 0.1) is 6.61 Å². The summed E-state index contributed by atoms with van der Waals surface area (Å²) in [6, 6.07) is 4.91. The van der Waals surface area contributed by atoms with Crippen molar-refractivity contribution in [3.8, 4) is 5.75 Å². The van der Waals surface area contributed by atoms with Gasteiger partial charge in [-0.05, 0) is 28.7 Å². The Morgan fingerprint density at radius 2 is 2.00 bits per heavy atom. The quantitative estimate of drug-likeness (QED) is 0.802. The van der Waals surface area contributed by atoms with Gasteiger partial charge in [0.2, 0.25) is 0 Å². The van der Waals surface area contributed by atoms with Gasteiger partial charge in [-0.25, -0.2) is 0 Å². The lowest BCUT2D eigenvalue weighted by atomic mass is 9.84. The smallest absolute Gasteiger partial charge is 0.316 e. The van der Waals surface area contributed by atoms with Gasteiger partial charge in [-0.1, -0.05) is 26.8 Å². The zero-order valence-electron chi connectivity index (χ0n) is 9.65. The van der Waals surface area contributed by atoms with Crippen molar-refractivity contribution in [1.29, 1.82) is 0 Å². The molecule has 1 aromatic carbocycles. The van der Waals surface area contributed by atoms with Gasteiger partial charge in [0.15, 0.2) is 0 Å². The second-order valence-electron chi connectivity index (χ2n) is 4.65. The van der Waals surface area contributed by atoms with E-state index in [1.165, 1.54) is 0 Å². The molecule has 16 heavy (non-hydrogen) atoms. The third-order valence-corrected chi connectivity index (χ3v) is 2.64. The van der Waals surface area contributed by atoms with Gasteiger partial charge in [-0.3, -0.25) is 4.57 Å². The molecule has 1 rings (SSSR count). The molecule has 0 fully saturated rings. The predicted octanol–water partition coefficient (Wildman–Crippen LogP) is 2.59. The molecule has 4 nitrogen and oxygen atoms in total. The van der Waals surface area contributed by atoms with Gasteiger partial charge in [-0.15, -0.1) is 0 Å². The highest BCUT2D eigenvalue weighted by Gasteiger charge is 2.18. The van der Waals surface area contributed by atoms with E-state index in [1.54, 1.807) is 18.2 Å².